The fraction of sp³-hybridized carbons (Fsp3) is 0.200. The van der Waals surface area contributed by atoms with Crippen molar-refractivity contribution in [3.05, 3.63) is 77.0 Å². The number of aromatic nitrogens is 3. The van der Waals surface area contributed by atoms with Crippen molar-refractivity contribution < 1.29 is 23.3 Å². The van der Waals surface area contributed by atoms with Gasteiger partial charge in [0.05, 0.1) is 24.1 Å². The highest BCUT2D eigenvalue weighted by Gasteiger charge is 2.13. The van der Waals surface area contributed by atoms with E-state index in [9.17, 15) is 4.79 Å². The smallest absolute Gasteiger partial charge is 0.248 e. The Hall–Kier alpha value is -4.40. The molecule has 4 rings (SSSR count). The first-order valence-corrected chi connectivity index (χ1v) is 10.6. The Morgan fingerprint density at radius 1 is 1.06 bits per heavy atom. The summed E-state index contributed by atoms with van der Waals surface area (Å²) >= 11 is 0. The molecule has 0 aliphatic heterocycles. The molecule has 0 fully saturated rings. The van der Waals surface area contributed by atoms with E-state index in [1.165, 1.54) is 6.08 Å². The highest BCUT2D eigenvalue weighted by molar-refractivity contribution is 6.03. The molecule has 0 atom stereocenters. The minimum absolute atomic E-state index is 0.301. The average molecular weight is 460 g/mol. The van der Waals surface area contributed by atoms with E-state index in [1.54, 1.807) is 38.3 Å². The molecule has 2 heterocycles. The van der Waals surface area contributed by atoms with Crippen molar-refractivity contribution in [1.29, 1.82) is 0 Å². The minimum atomic E-state index is -0.301. The summed E-state index contributed by atoms with van der Waals surface area (Å²) in [4.78, 5) is 16.8. The molecule has 174 valence electrons. The second-order valence-electron chi connectivity index (χ2n) is 7.51. The van der Waals surface area contributed by atoms with Gasteiger partial charge in [0.15, 0.2) is 11.5 Å². The molecular formula is C25H24N4O5. The van der Waals surface area contributed by atoms with Gasteiger partial charge in [-0.15, -0.1) is 0 Å². The molecule has 34 heavy (non-hydrogen) atoms. The molecule has 2 aromatic heterocycles. The Morgan fingerprint density at radius 3 is 2.59 bits per heavy atom. The van der Waals surface area contributed by atoms with Gasteiger partial charge >= 0.3 is 0 Å². The molecule has 0 spiro atoms. The number of amides is 1. The van der Waals surface area contributed by atoms with E-state index in [-0.39, 0.29) is 5.91 Å². The van der Waals surface area contributed by atoms with E-state index in [0.717, 1.165) is 22.6 Å². The molecule has 0 aliphatic rings. The molecule has 0 unspecified atom stereocenters. The third kappa shape index (κ3) is 5.15. The van der Waals surface area contributed by atoms with E-state index >= 15 is 0 Å². The predicted molar refractivity (Wildman–Crippen MR) is 125 cm³/mol. The second kappa shape index (κ2) is 10.0. The van der Waals surface area contributed by atoms with Gasteiger partial charge in [0.2, 0.25) is 17.6 Å². The van der Waals surface area contributed by atoms with Gasteiger partial charge in [0.25, 0.3) is 0 Å². The summed E-state index contributed by atoms with van der Waals surface area (Å²) in [6.07, 6.45) is 3.13. The predicted octanol–water partition coefficient (Wildman–Crippen LogP) is 4.89. The number of hydrogen-bond acceptors (Lipinski definition) is 8. The lowest BCUT2D eigenvalue weighted by molar-refractivity contribution is -0.111. The van der Waals surface area contributed by atoms with Crippen LogP contribution in [-0.2, 0) is 11.4 Å². The zero-order valence-corrected chi connectivity index (χ0v) is 19.3. The summed E-state index contributed by atoms with van der Waals surface area (Å²) in [7, 11) is 1.56. The van der Waals surface area contributed by atoms with E-state index in [1.807, 2.05) is 38.1 Å². The molecule has 1 N–H and O–H groups in total. The zero-order valence-electron chi connectivity index (χ0n) is 19.3. The van der Waals surface area contributed by atoms with E-state index < -0.39 is 0 Å². The lowest BCUT2D eigenvalue weighted by atomic mass is 10.1. The van der Waals surface area contributed by atoms with Crippen molar-refractivity contribution in [2.45, 2.75) is 27.4 Å². The van der Waals surface area contributed by atoms with E-state index in [0.29, 0.717) is 41.1 Å². The van der Waals surface area contributed by atoms with Crippen LogP contribution in [0.15, 0.2) is 57.6 Å². The number of carbonyl (C=O) groups is 1. The van der Waals surface area contributed by atoms with Crippen molar-refractivity contribution >= 4 is 17.7 Å². The van der Waals surface area contributed by atoms with Gasteiger partial charge in [-0.2, -0.15) is 4.98 Å². The Balaban J connectivity index is 1.44. The first kappa shape index (κ1) is 22.8. The molecule has 0 bridgehead atoms. The van der Waals surface area contributed by atoms with Gasteiger partial charge in [-0.1, -0.05) is 28.5 Å². The molecule has 4 aromatic rings. The molecular weight excluding hydrogens is 436 g/mol. The van der Waals surface area contributed by atoms with Crippen LogP contribution in [0.25, 0.3) is 17.5 Å². The van der Waals surface area contributed by atoms with Gasteiger partial charge in [-0.05, 0) is 49.8 Å². The topological polar surface area (TPSA) is 113 Å². The zero-order chi connectivity index (χ0) is 24.1. The molecule has 0 saturated carbocycles. The first-order valence-electron chi connectivity index (χ1n) is 10.6. The summed E-state index contributed by atoms with van der Waals surface area (Å²) < 4.78 is 21.6. The number of benzene rings is 2. The van der Waals surface area contributed by atoms with Gasteiger partial charge in [0.1, 0.15) is 12.4 Å². The van der Waals surface area contributed by atoms with Crippen molar-refractivity contribution in [3.63, 3.8) is 0 Å². The highest BCUT2D eigenvalue weighted by atomic mass is 16.5. The number of para-hydroxylation sites is 1. The maximum atomic E-state index is 12.6. The molecule has 0 aliphatic carbocycles. The van der Waals surface area contributed by atoms with Crippen LogP contribution < -0.4 is 14.8 Å². The molecule has 9 heteroatoms. The molecule has 0 radical (unpaired) electrons. The van der Waals surface area contributed by atoms with Crippen LogP contribution in [0.5, 0.6) is 11.5 Å². The van der Waals surface area contributed by atoms with Gasteiger partial charge < -0.3 is 23.8 Å². The second-order valence-corrected chi connectivity index (χ2v) is 7.51. The fourth-order valence-electron chi connectivity index (χ4n) is 3.31. The van der Waals surface area contributed by atoms with Crippen LogP contribution in [-0.4, -0.2) is 28.3 Å². The summed E-state index contributed by atoms with van der Waals surface area (Å²) in [5.41, 5.74) is 3.72. The third-order valence-corrected chi connectivity index (χ3v) is 5.12. The average Bonchev–Trinajstić information content (AvgIpc) is 3.41. The van der Waals surface area contributed by atoms with Crippen LogP contribution in [0.4, 0.5) is 5.69 Å². The van der Waals surface area contributed by atoms with Gasteiger partial charge in [-0.25, -0.2) is 0 Å². The number of rotatable bonds is 8. The summed E-state index contributed by atoms with van der Waals surface area (Å²) in [5, 5.41) is 10.7. The van der Waals surface area contributed by atoms with Crippen molar-refractivity contribution in [2.24, 2.45) is 0 Å². The largest absolute Gasteiger partial charge is 0.493 e. The Bertz CT molecular complexity index is 1320. The van der Waals surface area contributed by atoms with Crippen molar-refractivity contribution in [3.8, 4) is 22.9 Å². The number of methoxy groups -OCH3 is 1. The molecule has 0 saturated heterocycles. The monoisotopic (exact) mass is 460 g/mol. The van der Waals surface area contributed by atoms with Crippen LogP contribution in [0.3, 0.4) is 0 Å². The number of aryl methyl sites for hydroxylation is 3. The van der Waals surface area contributed by atoms with Gasteiger partial charge in [0, 0.05) is 18.6 Å². The van der Waals surface area contributed by atoms with Crippen LogP contribution >= 0.6 is 0 Å². The summed E-state index contributed by atoms with van der Waals surface area (Å²) in [5.74, 6) is 2.41. The molecule has 2 aromatic carbocycles. The van der Waals surface area contributed by atoms with Gasteiger partial charge in [-0.3, -0.25) is 4.79 Å². The van der Waals surface area contributed by atoms with Crippen molar-refractivity contribution in [2.75, 3.05) is 12.4 Å². The SMILES string of the molecule is COc1cc(/C=C/C(=O)Nc2ccccc2-c2noc(C)n2)ccc1OCc1c(C)noc1C. The van der Waals surface area contributed by atoms with Crippen molar-refractivity contribution in [1.82, 2.24) is 15.3 Å². The highest BCUT2D eigenvalue weighted by Crippen LogP contribution is 2.30. The number of ether oxygens (including phenoxy) is 2. The number of nitrogens with zero attached hydrogens (tertiary/aromatic N) is 3. The lowest BCUT2D eigenvalue weighted by Crippen LogP contribution is -2.09. The number of anilines is 1. The quantitative estimate of drug-likeness (QED) is 0.370. The van der Waals surface area contributed by atoms with Crippen LogP contribution in [0.1, 0.15) is 28.5 Å². The Labute approximate surface area is 196 Å². The Morgan fingerprint density at radius 2 is 1.88 bits per heavy atom. The summed E-state index contributed by atoms with van der Waals surface area (Å²) in [6, 6.07) is 12.7. The third-order valence-electron chi connectivity index (χ3n) is 5.12. The maximum absolute atomic E-state index is 12.6. The van der Waals surface area contributed by atoms with E-state index in [4.69, 9.17) is 18.5 Å². The van der Waals surface area contributed by atoms with Crippen LogP contribution in [0, 0.1) is 20.8 Å². The lowest BCUT2D eigenvalue weighted by Gasteiger charge is -2.11. The number of carbonyl (C=O) groups excluding carboxylic acids is 1. The fourth-order valence-corrected chi connectivity index (χ4v) is 3.31. The summed E-state index contributed by atoms with van der Waals surface area (Å²) in [6.45, 7) is 5.74. The van der Waals surface area contributed by atoms with E-state index in [2.05, 4.69) is 20.6 Å². The van der Waals surface area contributed by atoms with Crippen LogP contribution in [0.2, 0.25) is 0 Å². The molecule has 9 nitrogen and oxygen atoms in total. The normalized spacial score (nSPS) is 11.1. The number of nitrogens with one attached hydrogen (secondary N) is 1. The Kier molecular flexibility index (Phi) is 6.72. The molecule has 1 amide bonds. The maximum Gasteiger partial charge on any atom is 0.248 e. The standard InChI is InChI=1S/C25H24N4O5/c1-15-20(16(2)33-28-15)14-32-22-11-9-18(13-23(22)31-4)10-12-24(30)27-21-8-6-5-7-19(21)25-26-17(3)34-29-25/h5-13H,14H2,1-4H3,(H,27,30)/b12-10+. The number of hydrogen-bond donors (Lipinski definition) is 1. The first-order chi connectivity index (χ1) is 16.4. The minimum Gasteiger partial charge on any atom is -0.493 e.